The maximum absolute atomic E-state index is 12.8. The molecule has 0 unspecified atom stereocenters. The first-order chi connectivity index (χ1) is 13.8. The molecule has 2 fully saturated rings. The van der Waals surface area contributed by atoms with Crippen molar-refractivity contribution in [2.75, 3.05) is 6.61 Å². The van der Waals surface area contributed by atoms with Crippen molar-refractivity contribution in [3.05, 3.63) is 32.7 Å². The molecule has 1 saturated heterocycles. The summed E-state index contributed by atoms with van der Waals surface area (Å²) in [5, 5.41) is 5.18. The van der Waals surface area contributed by atoms with Gasteiger partial charge in [-0.3, -0.25) is 14.4 Å². The molecule has 1 saturated carbocycles. The zero-order valence-corrected chi connectivity index (χ0v) is 18.9. The van der Waals surface area contributed by atoms with Gasteiger partial charge in [-0.25, -0.2) is 0 Å². The van der Waals surface area contributed by atoms with Gasteiger partial charge in [0.15, 0.2) is 11.5 Å². The van der Waals surface area contributed by atoms with E-state index < -0.39 is 5.97 Å². The highest BCUT2D eigenvalue weighted by atomic mass is 79.9. The van der Waals surface area contributed by atoms with Crippen molar-refractivity contribution in [1.82, 2.24) is 5.01 Å². The van der Waals surface area contributed by atoms with E-state index in [2.05, 4.69) is 37.0 Å². The highest BCUT2D eigenvalue weighted by molar-refractivity contribution is 9.13. The van der Waals surface area contributed by atoms with E-state index in [9.17, 15) is 14.4 Å². The first-order valence-electron chi connectivity index (χ1n) is 9.26. The van der Waals surface area contributed by atoms with E-state index >= 15 is 0 Å². The molecular weight excluding hydrogens is 508 g/mol. The van der Waals surface area contributed by atoms with Gasteiger partial charge in [-0.2, -0.15) is 10.1 Å². The molecular formula is C20H18Br2N2O5. The molecule has 9 heteroatoms. The minimum Gasteiger partial charge on any atom is -0.490 e. The maximum Gasteiger partial charge on any atom is 0.308 e. The smallest absolute Gasteiger partial charge is 0.308 e. The summed E-state index contributed by atoms with van der Waals surface area (Å²) in [7, 11) is 0. The van der Waals surface area contributed by atoms with Crippen LogP contribution in [0.5, 0.6) is 11.5 Å². The standard InChI is InChI=1S/C20H18Br2N2O5/c1-3-28-13-7-12(16(21)17(22)18(13)29-9(2)25)8-23-24-19(26)14-10-4-5-11(6-10)15(14)20(24)27/h4-5,7-8,10-11,14-15H,3,6H2,1-2H3/t10-,11-,14-,15+/m0/s1. The predicted octanol–water partition coefficient (Wildman–Crippen LogP) is 3.68. The molecule has 1 heterocycles. The van der Waals surface area contributed by atoms with Gasteiger partial charge in [-0.05, 0) is 63.1 Å². The molecule has 0 aromatic heterocycles. The molecule has 0 radical (unpaired) electrons. The van der Waals surface area contributed by atoms with Gasteiger partial charge < -0.3 is 9.47 Å². The largest absolute Gasteiger partial charge is 0.490 e. The molecule has 1 aromatic carbocycles. The van der Waals surface area contributed by atoms with Crippen LogP contribution in [0.1, 0.15) is 25.8 Å². The van der Waals surface area contributed by atoms with Crippen molar-refractivity contribution in [3.63, 3.8) is 0 Å². The van der Waals surface area contributed by atoms with Crippen molar-refractivity contribution in [2.24, 2.45) is 28.8 Å². The van der Waals surface area contributed by atoms with Crippen molar-refractivity contribution in [2.45, 2.75) is 20.3 Å². The molecule has 3 aliphatic rings. The van der Waals surface area contributed by atoms with Gasteiger partial charge in [0.2, 0.25) is 0 Å². The number of carbonyl (C=O) groups is 3. The van der Waals surface area contributed by atoms with E-state index in [4.69, 9.17) is 9.47 Å². The van der Waals surface area contributed by atoms with Crippen LogP contribution < -0.4 is 9.47 Å². The Bertz CT molecular complexity index is 944. The Kier molecular flexibility index (Phi) is 5.37. The monoisotopic (exact) mass is 524 g/mol. The fourth-order valence-corrected chi connectivity index (χ4v) is 5.22. The third kappa shape index (κ3) is 3.34. The third-order valence-electron chi connectivity index (χ3n) is 5.46. The lowest BCUT2D eigenvalue weighted by atomic mass is 9.85. The van der Waals surface area contributed by atoms with Gasteiger partial charge in [0.25, 0.3) is 11.8 Å². The molecule has 1 aromatic rings. The lowest BCUT2D eigenvalue weighted by Crippen LogP contribution is -2.28. The van der Waals surface area contributed by atoms with E-state index in [0.29, 0.717) is 26.9 Å². The summed E-state index contributed by atoms with van der Waals surface area (Å²) in [6.07, 6.45) is 6.39. The number of fused-ring (bicyclic) bond motifs is 5. The zero-order valence-electron chi connectivity index (χ0n) is 15.7. The maximum atomic E-state index is 12.8. The van der Waals surface area contributed by atoms with Crippen molar-refractivity contribution in [1.29, 1.82) is 0 Å². The second kappa shape index (κ2) is 7.68. The van der Waals surface area contributed by atoms with Gasteiger partial charge in [0, 0.05) is 17.0 Å². The Balaban J connectivity index is 1.64. The number of rotatable bonds is 5. The molecule has 0 N–H and O–H groups in total. The zero-order chi connectivity index (χ0) is 20.9. The van der Waals surface area contributed by atoms with Gasteiger partial charge in [0.1, 0.15) is 0 Å². The average molecular weight is 526 g/mol. The van der Waals surface area contributed by atoms with E-state index in [0.717, 1.165) is 11.4 Å². The predicted molar refractivity (Wildman–Crippen MR) is 111 cm³/mol. The normalized spacial score (nSPS) is 27.2. The molecule has 2 amide bonds. The summed E-state index contributed by atoms with van der Waals surface area (Å²) < 4.78 is 11.9. The number of halogens is 2. The number of benzene rings is 1. The highest BCUT2D eigenvalue weighted by Gasteiger charge is 2.59. The molecule has 152 valence electrons. The van der Waals surface area contributed by atoms with Crippen LogP contribution in [0.2, 0.25) is 0 Å². The van der Waals surface area contributed by atoms with Crippen LogP contribution in [0, 0.1) is 23.7 Å². The fourth-order valence-electron chi connectivity index (χ4n) is 4.32. The van der Waals surface area contributed by atoms with Crippen molar-refractivity contribution >= 4 is 55.9 Å². The Morgan fingerprint density at radius 3 is 2.38 bits per heavy atom. The van der Waals surface area contributed by atoms with Gasteiger partial charge in [0.05, 0.1) is 29.1 Å². The molecule has 7 nitrogen and oxygen atoms in total. The number of allylic oxidation sites excluding steroid dienone is 2. The quantitative estimate of drug-likeness (QED) is 0.192. The molecule has 29 heavy (non-hydrogen) atoms. The van der Waals surface area contributed by atoms with Crippen LogP contribution in [-0.2, 0) is 14.4 Å². The van der Waals surface area contributed by atoms with Gasteiger partial charge in [-0.15, -0.1) is 0 Å². The van der Waals surface area contributed by atoms with Crippen LogP contribution >= 0.6 is 31.9 Å². The number of hydrogen-bond acceptors (Lipinski definition) is 6. The second-order valence-corrected chi connectivity index (χ2v) is 8.77. The summed E-state index contributed by atoms with van der Waals surface area (Å²) in [5.74, 6) is -0.709. The van der Waals surface area contributed by atoms with Crippen LogP contribution in [0.3, 0.4) is 0 Å². The van der Waals surface area contributed by atoms with E-state index in [1.54, 1.807) is 6.07 Å². The highest BCUT2D eigenvalue weighted by Crippen LogP contribution is 2.52. The van der Waals surface area contributed by atoms with Crippen LogP contribution in [0.25, 0.3) is 0 Å². The third-order valence-corrected chi connectivity index (χ3v) is 7.60. The van der Waals surface area contributed by atoms with E-state index in [1.807, 2.05) is 19.1 Å². The summed E-state index contributed by atoms with van der Waals surface area (Å²) in [5.41, 5.74) is 0.565. The number of ether oxygens (including phenoxy) is 2. The first-order valence-corrected chi connectivity index (χ1v) is 10.8. The Morgan fingerprint density at radius 2 is 1.83 bits per heavy atom. The van der Waals surface area contributed by atoms with Crippen LogP contribution in [0.4, 0.5) is 0 Å². The number of carbonyl (C=O) groups excluding carboxylic acids is 3. The SMILES string of the molecule is CCOc1cc(C=NN2C(=O)[C@@H]3[C@H](C2=O)[C@H]2C=C[C@H]3C2)c(Br)c(Br)c1OC(C)=O. The lowest BCUT2D eigenvalue weighted by molar-refractivity contribution is -0.140. The average Bonchev–Trinajstić information content (AvgIpc) is 3.35. The van der Waals surface area contributed by atoms with E-state index in [-0.39, 0.29) is 41.2 Å². The summed E-state index contributed by atoms with van der Waals surface area (Å²) in [4.78, 5) is 36.9. The second-order valence-electron chi connectivity index (χ2n) is 7.18. The van der Waals surface area contributed by atoms with Crippen LogP contribution in [-0.4, -0.2) is 35.6 Å². The lowest BCUT2D eigenvalue weighted by Gasteiger charge is -2.15. The topological polar surface area (TPSA) is 85.3 Å². The van der Waals surface area contributed by atoms with E-state index in [1.165, 1.54) is 13.1 Å². The summed E-state index contributed by atoms with van der Waals surface area (Å²) in [6.45, 7) is 3.47. The number of esters is 1. The Labute approximate surface area is 184 Å². The minimum absolute atomic E-state index is 0.134. The first kappa shape index (κ1) is 20.3. The Hall–Kier alpha value is -2.00. The number of nitrogens with zero attached hydrogens (tertiary/aromatic N) is 2. The fraction of sp³-hybridized carbons (Fsp3) is 0.400. The summed E-state index contributed by atoms with van der Waals surface area (Å²) >= 11 is 6.84. The van der Waals surface area contributed by atoms with Crippen LogP contribution in [0.15, 0.2) is 32.3 Å². The minimum atomic E-state index is -0.483. The molecule has 2 bridgehead atoms. The molecule has 4 atom stereocenters. The van der Waals surface area contributed by atoms with Gasteiger partial charge in [-0.1, -0.05) is 12.2 Å². The number of hydrogen-bond donors (Lipinski definition) is 0. The molecule has 4 rings (SSSR count). The molecule has 0 spiro atoms. The number of amides is 2. The Morgan fingerprint density at radius 1 is 1.21 bits per heavy atom. The summed E-state index contributed by atoms with van der Waals surface area (Å²) in [6, 6.07) is 1.64. The van der Waals surface area contributed by atoms with Crippen molar-refractivity contribution < 1.29 is 23.9 Å². The van der Waals surface area contributed by atoms with Crippen molar-refractivity contribution in [3.8, 4) is 11.5 Å². The number of imide groups is 1. The number of hydrazone groups is 1. The molecule has 1 aliphatic heterocycles. The van der Waals surface area contributed by atoms with Gasteiger partial charge >= 0.3 is 5.97 Å². The molecule has 2 aliphatic carbocycles.